The van der Waals surface area contributed by atoms with E-state index in [1.54, 1.807) is 0 Å². The maximum absolute atomic E-state index is 9.12. The fraction of sp³-hybridized carbons (Fsp3) is 1.00. The molecule has 0 aliphatic carbocycles. The van der Waals surface area contributed by atoms with Crippen molar-refractivity contribution in [2.75, 3.05) is 27.2 Å². The zero-order valence-electron chi connectivity index (χ0n) is 7.71. The van der Waals surface area contributed by atoms with Crippen molar-refractivity contribution < 1.29 is 9.84 Å². The van der Waals surface area contributed by atoms with Gasteiger partial charge in [0, 0.05) is 6.61 Å². The second-order valence-corrected chi connectivity index (χ2v) is 2.86. The highest BCUT2D eigenvalue weighted by Gasteiger charge is 2.01. The van der Waals surface area contributed by atoms with E-state index in [4.69, 9.17) is 9.84 Å². The number of nitrogens with zero attached hydrogens (tertiary/aromatic N) is 1. The summed E-state index contributed by atoms with van der Waals surface area (Å²) >= 11 is 0. The molecule has 11 heavy (non-hydrogen) atoms. The molecule has 0 aliphatic rings. The van der Waals surface area contributed by atoms with Crippen LogP contribution in [-0.4, -0.2) is 43.5 Å². The zero-order chi connectivity index (χ0) is 8.69. The highest BCUT2D eigenvalue weighted by Crippen LogP contribution is 1.98. The number of aliphatic hydroxyl groups excluding tert-OH is 1. The highest BCUT2D eigenvalue weighted by atomic mass is 16.6. The summed E-state index contributed by atoms with van der Waals surface area (Å²) in [4.78, 5) is 2.10. The molecule has 0 bridgehead atoms. The molecular weight excluding hydrogens is 142 g/mol. The third kappa shape index (κ3) is 7.78. The Kier molecular flexibility index (Phi) is 6.51. The highest BCUT2D eigenvalue weighted by molar-refractivity contribution is 4.47. The standard InChI is InChI=1S/C8H19NO2/c1-4-11-8(10)6-5-7-9(2)3/h8,10H,4-7H2,1-3H3. The number of hydrogen-bond acceptors (Lipinski definition) is 3. The predicted octanol–water partition coefficient (Wildman–Crippen LogP) is 0.683. The second kappa shape index (κ2) is 6.58. The molecule has 3 nitrogen and oxygen atoms in total. The van der Waals surface area contributed by atoms with E-state index in [1.807, 2.05) is 21.0 Å². The Morgan fingerprint density at radius 3 is 2.55 bits per heavy atom. The van der Waals surface area contributed by atoms with Crippen LogP contribution in [0, 0.1) is 0 Å². The van der Waals surface area contributed by atoms with Crippen molar-refractivity contribution in [3.8, 4) is 0 Å². The minimum atomic E-state index is -0.569. The number of hydrogen-bond donors (Lipinski definition) is 1. The van der Waals surface area contributed by atoms with Crippen LogP contribution in [0.1, 0.15) is 19.8 Å². The largest absolute Gasteiger partial charge is 0.368 e. The first kappa shape index (κ1) is 10.9. The zero-order valence-corrected chi connectivity index (χ0v) is 7.71. The summed E-state index contributed by atoms with van der Waals surface area (Å²) in [5.41, 5.74) is 0. The lowest BCUT2D eigenvalue weighted by molar-refractivity contribution is -0.0996. The van der Waals surface area contributed by atoms with Crippen LogP contribution < -0.4 is 0 Å². The van der Waals surface area contributed by atoms with Gasteiger partial charge >= 0.3 is 0 Å². The van der Waals surface area contributed by atoms with Crippen molar-refractivity contribution in [2.24, 2.45) is 0 Å². The van der Waals surface area contributed by atoms with Crippen LogP contribution in [0.5, 0.6) is 0 Å². The van der Waals surface area contributed by atoms with Crippen LogP contribution >= 0.6 is 0 Å². The molecule has 0 amide bonds. The monoisotopic (exact) mass is 161 g/mol. The van der Waals surface area contributed by atoms with Gasteiger partial charge in [-0.15, -0.1) is 0 Å². The maximum atomic E-state index is 9.12. The van der Waals surface area contributed by atoms with E-state index in [0.29, 0.717) is 6.61 Å². The average molecular weight is 161 g/mol. The Morgan fingerprint density at radius 1 is 1.45 bits per heavy atom. The molecule has 0 spiro atoms. The molecule has 0 aromatic heterocycles. The Hall–Kier alpha value is -0.120. The summed E-state index contributed by atoms with van der Waals surface area (Å²) in [5.74, 6) is 0. The molecule has 0 aromatic carbocycles. The van der Waals surface area contributed by atoms with Crippen LogP contribution in [-0.2, 0) is 4.74 Å². The lowest BCUT2D eigenvalue weighted by Gasteiger charge is -2.12. The molecule has 0 saturated carbocycles. The first-order valence-electron chi connectivity index (χ1n) is 4.11. The Labute approximate surface area is 69.0 Å². The van der Waals surface area contributed by atoms with Crippen LogP contribution in [0.25, 0.3) is 0 Å². The molecule has 0 radical (unpaired) electrons. The number of ether oxygens (including phenoxy) is 1. The molecule has 1 unspecified atom stereocenters. The second-order valence-electron chi connectivity index (χ2n) is 2.86. The lowest BCUT2D eigenvalue weighted by Crippen LogP contribution is -2.17. The fourth-order valence-corrected chi connectivity index (χ4v) is 0.858. The molecular formula is C8H19NO2. The number of rotatable bonds is 6. The molecule has 1 atom stereocenters. The minimum absolute atomic E-state index is 0.569. The summed E-state index contributed by atoms with van der Waals surface area (Å²) < 4.78 is 4.96. The molecule has 68 valence electrons. The van der Waals surface area contributed by atoms with Gasteiger partial charge in [-0.1, -0.05) is 0 Å². The molecule has 0 aliphatic heterocycles. The Morgan fingerprint density at radius 2 is 2.09 bits per heavy atom. The maximum Gasteiger partial charge on any atom is 0.154 e. The van der Waals surface area contributed by atoms with Crippen LogP contribution in [0.15, 0.2) is 0 Å². The van der Waals surface area contributed by atoms with Gasteiger partial charge < -0.3 is 14.7 Å². The van der Waals surface area contributed by atoms with Gasteiger partial charge in [-0.05, 0) is 40.4 Å². The van der Waals surface area contributed by atoms with Crippen molar-refractivity contribution in [3.63, 3.8) is 0 Å². The van der Waals surface area contributed by atoms with Gasteiger partial charge in [0.1, 0.15) is 0 Å². The van der Waals surface area contributed by atoms with Crippen molar-refractivity contribution in [3.05, 3.63) is 0 Å². The summed E-state index contributed by atoms with van der Waals surface area (Å²) in [5, 5.41) is 9.12. The van der Waals surface area contributed by atoms with E-state index >= 15 is 0 Å². The Bertz CT molecular complexity index is 86.2. The van der Waals surface area contributed by atoms with Gasteiger partial charge in [-0.3, -0.25) is 0 Å². The van der Waals surface area contributed by atoms with E-state index in [0.717, 1.165) is 19.4 Å². The lowest BCUT2D eigenvalue weighted by atomic mass is 10.3. The summed E-state index contributed by atoms with van der Waals surface area (Å²) in [6.45, 7) is 3.47. The van der Waals surface area contributed by atoms with Gasteiger partial charge in [-0.25, -0.2) is 0 Å². The van der Waals surface area contributed by atoms with Crippen molar-refractivity contribution >= 4 is 0 Å². The smallest absolute Gasteiger partial charge is 0.154 e. The van der Waals surface area contributed by atoms with Crippen molar-refractivity contribution in [2.45, 2.75) is 26.1 Å². The molecule has 0 heterocycles. The third-order valence-electron chi connectivity index (χ3n) is 1.42. The van der Waals surface area contributed by atoms with Gasteiger partial charge in [0.15, 0.2) is 6.29 Å². The van der Waals surface area contributed by atoms with E-state index in [9.17, 15) is 0 Å². The van der Waals surface area contributed by atoms with E-state index < -0.39 is 6.29 Å². The van der Waals surface area contributed by atoms with Gasteiger partial charge in [0.25, 0.3) is 0 Å². The predicted molar refractivity (Wildman–Crippen MR) is 45.4 cm³/mol. The SMILES string of the molecule is CCOC(O)CCCN(C)C. The van der Waals surface area contributed by atoms with Crippen LogP contribution in [0.2, 0.25) is 0 Å². The summed E-state index contributed by atoms with van der Waals surface area (Å²) in [6, 6.07) is 0. The van der Waals surface area contributed by atoms with Gasteiger partial charge in [0.2, 0.25) is 0 Å². The first-order valence-corrected chi connectivity index (χ1v) is 4.11. The fourth-order valence-electron chi connectivity index (χ4n) is 0.858. The normalized spacial score (nSPS) is 13.9. The Balaban J connectivity index is 3.10. The van der Waals surface area contributed by atoms with E-state index in [2.05, 4.69) is 4.90 Å². The molecule has 3 heteroatoms. The third-order valence-corrected chi connectivity index (χ3v) is 1.42. The van der Waals surface area contributed by atoms with Crippen molar-refractivity contribution in [1.82, 2.24) is 4.90 Å². The van der Waals surface area contributed by atoms with Gasteiger partial charge in [0.05, 0.1) is 0 Å². The summed E-state index contributed by atoms with van der Waals surface area (Å²) in [6.07, 6.45) is 1.14. The van der Waals surface area contributed by atoms with Crippen LogP contribution in [0.3, 0.4) is 0 Å². The van der Waals surface area contributed by atoms with E-state index in [1.165, 1.54) is 0 Å². The molecule has 0 saturated heterocycles. The molecule has 0 fully saturated rings. The summed E-state index contributed by atoms with van der Waals surface area (Å²) in [7, 11) is 4.04. The van der Waals surface area contributed by atoms with Crippen molar-refractivity contribution in [1.29, 1.82) is 0 Å². The quantitative estimate of drug-likeness (QED) is 0.582. The average Bonchev–Trinajstić information content (AvgIpc) is 1.87. The molecule has 0 aromatic rings. The van der Waals surface area contributed by atoms with E-state index in [-0.39, 0.29) is 0 Å². The first-order chi connectivity index (χ1) is 5.16. The topological polar surface area (TPSA) is 32.7 Å². The molecule has 0 rings (SSSR count). The van der Waals surface area contributed by atoms with Gasteiger partial charge in [-0.2, -0.15) is 0 Å². The molecule has 1 N–H and O–H groups in total. The minimum Gasteiger partial charge on any atom is -0.368 e. The number of aliphatic hydroxyl groups is 1. The van der Waals surface area contributed by atoms with Crippen LogP contribution in [0.4, 0.5) is 0 Å².